The Morgan fingerprint density at radius 2 is 2.10 bits per heavy atom. The van der Waals surface area contributed by atoms with Gasteiger partial charge in [-0.3, -0.25) is 0 Å². The van der Waals surface area contributed by atoms with Gasteiger partial charge < -0.3 is 10.2 Å². The monoisotopic (exact) mass is 380 g/mol. The second-order valence-corrected chi connectivity index (χ2v) is 6.48. The van der Waals surface area contributed by atoms with Crippen molar-refractivity contribution in [3.63, 3.8) is 0 Å². The highest BCUT2D eigenvalue weighted by Gasteiger charge is 2.32. The number of anilines is 2. The predicted octanol–water partition coefficient (Wildman–Crippen LogP) is 3.96. The lowest BCUT2D eigenvalue weighted by Gasteiger charge is -2.43. The quantitative estimate of drug-likeness (QED) is 0.697. The van der Waals surface area contributed by atoms with E-state index in [1.54, 1.807) is 6.07 Å². The van der Waals surface area contributed by atoms with Crippen molar-refractivity contribution in [2.45, 2.75) is 12.5 Å². The highest BCUT2D eigenvalue weighted by molar-refractivity contribution is 14.1. The number of hydrogen-bond donors (Lipinski definition) is 1. The third kappa shape index (κ3) is 1.81. The minimum Gasteiger partial charge on any atom is -0.381 e. The Bertz CT molecular complexity index is 686. The van der Waals surface area contributed by atoms with Crippen LogP contribution in [0.1, 0.15) is 17.2 Å². The molecule has 0 amide bonds. The fourth-order valence-electron chi connectivity index (χ4n) is 3.28. The lowest BCUT2D eigenvalue weighted by atomic mass is 9.90. The summed E-state index contributed by atoms with van der Waals surface area (Å²) in [7, 11) is 0. The summed E-state index contributed by atoms with van der Waals surface area (Å²) in [6.45, 7) is 1.84. The molecule has 0 saturated carbocycles. The molecule has 1 N–H and O–H groups in total. The number of halogens is 2. The number of benzene rings is 2. The van der Waals surface area contributed by atoms with Crippen LogP contribution < -0.4 is 10.2 Å². The SMILES string of the molecule is Fc1cc2c(cc1I)NCC1c3ccccc3CCN21. The van der Waals surface area contributed by atoms with Crippen LogP contribution in [0.3, 0.4) is 0 Å². The summed E-state index contributed by atoms with van der Waals surface area (Å²) < 4.78 is 14.6. The van der Waals surface area contributed by atoms with Gasteiger partial charge in [0.05, 0.1) is 21.0 Å². The molecule has 2 aromatic rings. The fraction of sp³-hybridized carbons (Fsp3) is 0.250. The van der Waals surface area contributed by atoms with Crippen molar-refractivity contribution in [3.05, 3.63) is 56.9 Å². The van der Waals surface area contributed by atoms with Crippen LogP contribution in [-0.2, 0) is 6.42 Å². The van der Waals surface area contributed by atoms with Crippen molar-refractivity contribution in [2.24, 2.45) is 0 Å². The normalized spacial score (nSPS) is 19.7. The summed E-state index contributed by atoms with van der Waals surface area (Å²) in [6.07, 6.45) is 1.03. The summed E-state index contributed by atoms with van der Waals surface area (Å²) in [4.78, 5) is 2.34. The highest BCUT2D eigenvalue weighted by atomic mass is 127. The maximum atomic E-state index is 13.9. The Balaban J connectivity index is 1.82. The fourth-order valence-corrected chi connectivity index (χ4v) is 3.75. The molecule has 102 valence electrons. The van der Waals surface area contributed by atoms with Crippen molar-refractivity contribution in [1.82, 2.24) is 0 Å². The maximum Gasteiger partial charge on any atom is 0.138 e. The van der Waals surface area contributed by atoms with E-state index in [1.807, 2.05) is 28.7 Å². The van der Waals surface area contributed by atoms with E-state index in [2.05, 4.69) is 34.5 Å². The predicted molar refractivity (Wildman–Crippen MR) is 87.8 cm³/mol. The summed E-state index contributed by atoms with van der Waals surface area (Å²) in [6, 6.07) is 12.5. The first-order chi connectivity index (χ1) is 9.74. The molecule has 1 atom stereocenters. The Kier molecular flexibility index (Phi) is 2.87. The molecular weight excluding hydrogens is 366 g/mol. The van der Waals surface area contributed by atoms with Crippen LogP contribution in [0, 0.1) is 9.39 Å². The zero-order valence-corrected chi connectivity index (χ0v) is 13.0. The zero-order valence-electron chi connectivity index (χ0n) is 10.9. The lowest BCUT2D eigenvalue weighted by Crippen LogP contribution is -2.42. The van der Waals surface area contributed by atoms with Crippen LogP contribution in [0.15, 0.2) is 36.4 Å². The van der Waals surface area contributed by atoms with Crippen molar-refractivity contribution < 1.29 is 4.39 Å². The number of rotatable bonds is 0. The van der Waals surface area contributed by atoms with E-state index in [1.165, 1.54) is 11.1 Å². The minimum absolute atomic E-state index is 0.134. The summed E-state index contributed by atoms with van der Waals surface area (Å²) in [5, 5.41) is 3.46. The van der Waals surface area contributed by atoms with Crippen molar-refractivity contribution in [3.8, 4) is 0 Å². The van der Waals surface area contributed by atoms with Crippen LogP contribution in [-0.4, -0.2) is 13.1 Å². The molecule has 0 saturated heterocycles. The van der Waals surface area contributed by atoms with Crippen LogP contribution in [0.25, 0.3) is 0 Å². The molecule has 2 nitrogen and oxygen atoms in total. The summed E-state index contributed by atoms with van der Waals surface area (Å²) >= 11 is 2.04. The second kappa shape index (κ2) is 4.62. The van der Waals surface area contributed by atoms with Gasteiger partial charge >= 0.3 is 0 Å². The van der Waals surface area contributed by atoms with Gasteiger partial charge in [0.25, 0.3) is 0 Å². The highest BCUT2D eigenvalue weighted by Crippen LogP contribution is 2.42. The average Bonchev–Trinajstić information content (AvgIpc) is 2.48. The molecule has 0 spiro atoms. The summed E-state index contributed by atoms with van der Waals surface area (Å²) in [5.41, 5.74) is 4.83. The van der Waals surface area contributed by atoms with E-state index in [-0.39, 0.29) is 5.82 Å². The van der Waals surface area contributed by atoms with E-state index < -0.39 is 0 Å². The van der Waals surface area contributed by atoms with Gasteiger partial charge in [-0.15, -0.1) is 0 Å². The smallest absolute Gasteiger partial charge is 0.138 e. The van der Waals surface area contributed by atoms with E-state index in [4.69, 9.17) is 0 Å². The molecule has 0 aromatic heterocycles. The third-order valence-electron chi connectivity index (χ3n) is 4.25. The largest absolute Gasteiger partial charge is 0.381 e. The van der Waals surface area contributed by atoms with Gasteiger partial charge in [0.2, 0.25) is 0 Å². The van der Waals surface area contributed by atoms with Gasteiger partial charge in [0, 0.05) is 19.2 Å². The number of nitrogens with zero attached hydrogens (tertiary/aromatic N) is 1. The molecule has 2 aliphatic rings. The Morgan fingerprint density at radius 1 is 1.25 bits per heavy atom. The minimum atomic E-state index is -0.134. The van der Waals surface area contributed by atoms with Gasteiger partial charge in [-0.25, -0.2) is 4.39 Å². The molecule has 2 heterocycles. The molecule has 4 heteroatoms. The lowest BCUT2D eigenvalue weighted by molar-refractivity contribution is 0.581. The number of nitrogens with one attached hydrogen (secondary N) is 1. The number of hydrogen-bond acceptors (Lipinski definition) is 2. The average molecular weight is 380 g/mol. The molecular formula is C16H14FIN2. The van der Waals surface area contributed by atoms with Crippen molar-refractivity contribution in [2.75, 3.05) is 23.3 Å². The molecule has 0 bridgehead atoms. The molecule has 2 aliphatic heterocycles. The van der Waals surface area contributed by atoms with Crippen molar-refractivity contribution >= 4 is 34.0 Å². The van der Waals surface area contributed by atoms with Crippen LogP contribution in [0.5, 0.6) is 0 Å². The van der Waals surface area contributed by atoms with Gasteiger partial charge in [0.15, 0.2) is 0 Å². The molecule has 2 aromatic carbocycles. The molecule has 0 radical (unpaired) electrons. The standard InChI is InChI=1S/C16H14FIN2/c17-12-7-15-14(8-13(12)18)19-9-16-11-4-2-1-3-10(11)5-6-20(15)16/h1-4,7-8,16,19H,5-6,9H2. The van der Waals surface area contributed by atoms with Gasteiger partial charge in [0.1, 0.15) is 5.82 Å². The Hall–Kier alpha value is -1.30. The molecule has 0 aliphatic carbocycles. The van der Waals surface area contributed by atoms with Crippen molar-refractivity contribution in [1.29, 1.82) is 0 Å². The number of fused-ring (bicyclic) bond motifs is 5. The van der Waals surface area contributed by atoms with Gasteiger partial charge in [-0.05, 0) is 46.2 Å². The molecule has 0 fully saturated rings. The Morgan fingerprint density at radius 3 is 3.00 bits per heavy atom. The maximum absolute atomic E-state index is 13.9. The molecule has 1 unspecified atom stereocenters. The van der Waals surface area contributed by atoms with E-state index in [0.29, 0.717) is 9.61 Å². The van der Waals surface area contributed by atoms with Gasteiger partial charge in [-0.1, -0.05) is 24.3 Å². The second-order valence-electron chi connectivity index (χ2n) is 5.32. The molecule has 4 rings (SSSR count). The first-order valence-corrected chi connectivity index (χ1v) is 7.89. The van der Waals surface area contributed by atoms with Crippen LogP contribution in [0.4, 0.5) is 15.8 Å². The van der Waals surface area contributed by atoms with E-state index in [9.17, 15) is 4.39 Å². The van der Waals surface area contributed by atoms with E-state index >= 15 is 0 Å². The van der Waals surface area contributed by atoms with E-state index in [0.717, 1.165) is 30.9 Å². The molecule has 20 heavy (non-hydrogen) atoms. The van der Waals surface area contributed by atoms with Crippen LogP contribution in [0.2, 0.25) is 0 Å². The first kappa shape index (κ1) is 12.4. The zero-order chi connectivity index (χ0) is 13.7. The third-order valence-corrected chi connectivity index (χ3v) is 5.07. The van der Waals surface area contributed by atoms with Gasteiger partial charge in [-0.2, -0.15) is 0 Å². The topological polar surface area (TPSA) is 15.3 Å². The first-order valence-electron chi connectivity index (χ1n) is 6.81. The summed E-state index contributed by atoms with van der Waals surface area (Å²) in [5.74, 6) is -0.134. The van der Waals surface area contributed by atoms with Crippen LogP contribution >= 0.6 is 22.6 Å². The Labute approximate surface area is 131 Å².